The highest BCUT2D eigenvalue weighted by molar-refractivity contribution is 6.33. The number of nitrogens with zero attached hydrogens (tertiary/aromatic N) is 2. The Morgan fingerprint density at radius 1 is 1.18 bits per heavy atom. The van der Waals surface area contributed by atoms with Gasteiger partial charge in [0.15, 0.2) is 17.4 Å². The molecule has 0 fully saturated rings. The van der Waals surface area contributed by atoms with Crippen LogP contribution < -0.4 is 14.8 Å². The average Bonchev–Trinajstić information content (AvgIpc) is 3.11. The lowest BCUT2D eigenvalue weighted by Crippen LogP contribution is -2.25. The summed E-state index contributed by atoms with van der Waals surface area (Å²) in [5, 5.41) is 2.78. The lowest BCUT2D eigenvalue weighted by molar-refractivity contribution is -0.286. The quantitative estimate of drug-likeness (QED) is 0.683. The van der Waals surface area contributed by atoms with Crippen LogP contribution in [0.25, 0.3) is 11.1 Å². The third kappa shape index (κ3) is 3.36. The molecule has 0 spiro atoms. The number of oxazole rings is 1. The van der Waals surface area contributed by atoms with Gasteiger partial charge in [0, 0.05) is 30.3 Å². The molecule has 4 rings (SSSR count). The molecule has 3 aromatic rings. The van der Waals surface area contributed by atoms with Crippen LogP contribution in [0.3, 0.4) is 0 Å². The lowest BCUT2D eigenvalue weighted by atomic mass is 10.1. The summed E-state index contributed by atoms with van der Waals surface area (Å²) in [5.74, 6) is -0.00402. The Labute approximate surface area is 162 Å². The van der Waals surface area contributed by atoms with Crippen LogP contribution in [0.15, 0.2) is 34.9 Å². The summed E-state index contributed by atoms with van der Waals surface area (Å²) >= 11 is 6.16. The van der Waals surface area contributed by atoms with E-state index < -0.39 is 12.2 Å². The van der Waals surface area contributed by atoms with Gasteiger partial charge in [-0.1, -0.05) is 11.6 Å². The van der Waals surface area contributed by atoms with E-state index in [2.05, 4.69) is 24.8 Å². The summed E-state index contributed by atoms with van der Waals surface area (Å²) in [5.41, 5.74) is 1.43. The van der Waals surface area contributed by atoms with Gasteiger partial charge >= 0.3 is 6.29 Å². The number of benzene rings is 1. The first-order valence-corrected chi connectivity index (χ1v) is 8.41. The second-order valence-corrected chi connectivity index (χ2v) is 6.39. The maximum absolute atomic E-state index is 13.2. The summed E-state index contributed by atoms with van der Waals surface area (Å²) in [6.45, 7) is 3.30. The third-order valence-corrected chi connectivity index (χ3v) is 4.23. The molecule has 1 amide bonds. The van der Waals surface area contributed by atoms with Gasteiger partial charge in [-0.15, -0.1) is 8.78 Å². The topological polar surface area (TPSA) is 86.5 Å². The molecule has 1 N–H and O–H groups in total. The first-order chi connectivity index (χ1) is 13.2. The summed E-state index contributed by atoms with van der Waals surface area (Å²) in [6.07, 6.45) is -2.29. The zero-order valence-electron chi connectivity index (χ0n) is 14.5. The number of carbonyl (C=O) groups is 1. The van der Waals surface area contributed by atoms with E-state index >= 15 is 0 Å². The number of pyridine rings is 1. The van der Waals surface area contributed by atoms with Crippen LogP contribution in [0.5, 0.6) is 11.5 Å². The third-order valence-electron chi connectivity index (χ3n) is 3.92. The monoisotopic (exact) mass is 407 g/mol. The van der Waals surface area contributed by atoms with E-state index in [9.17, 15) is 13.6 Å². The molecule has 0 radical (unpaired) electrons. The average molecular weight is 408 g/mol. The molecule has 144 valence electrons. The number of alkyl halides is 2. The number of carbonyl (C=O) groups excluding carboxylic acids is 1. The molecule has 0 unspecified atom stereocenters. The van der Waals surface area contributed by atoms with Crippen LogP contribution in [0, 0.1) is 13.8 Å². The van der Waals surface area contributed by atoms with E-state index in [1.54, 1.807) is 26.0 Å². The second kappa shape index (κ2) is 6.45. The van der Waals surface area contributed by atoms with Crippen molar-refractivity contribution in [2.24, 2.45) is 0 Å². The molecule has 1 aliphatic rings. The van der Waals surface area contributed by atoms with Crippen molar-refractivity contribution in [3.8, 4) is 22.6 Å². The van der Waals surface area contributed by atoms with Gasteiger partial charge in [-0.05, 0) is 25.1 Å². The van der Waals surface area contributed by atoms with Crippen LogP contribution in [0.1, 0.15) is 22.1 Å². The molecular weight excluding hydrogens is 396 g/mol. The lowest BCUT2D eigenvalue weighted by Gasteiger charge is -2.07. The van der Waals surface area contributed by atoms with E-state index in [0.717, 1.165) is 0 Å². The highest BCUT2D eigenvalue weighted by Crippen LogP contribution is 2.45. The molecule has 10 heteroatoms. The number of ether oxygens (including phenoxy) is 2. The number of hydrogen-bond acceptors (Lipinski definition) is 6. The molecular formula is C18H12ClF2N3O4. The predicted molar refractivity (Wildman–Crippen MR) is 94.8 cm³/mol. The minimum absolute atomic E-state index is 0.100. The number of halogens is 3. The summed E-state index contributed by atoms with van der Waals surface area (Å²) in [6, 6.07) is 5.76. The molecule has 7 nitrogen and oxygen atoms in total. The Morgan fingerprint density at radius 2 is 1.89 bits per heavy atom. The van der Waals surface area contributed by atoms with Gasteiger partial charge in [0.1, 0.15) is 5.82 Å². The van der Waals surface area contributed by atoms with E-state index in [1.165, 1.54) is 18.3 Å². The maximum atomic E-state index is 13.2. The minimum Gasteiger partial charge on any atom is -0.436 e. The molecule has 28 heavy (non-hydrogen) atoms. The SMILES string of the molecule is Cc1nc(C)c(C(=O)Nc2ccc(-c3cc4c(cc3Cl)OC(F)(F)O4)cn2)o1. The Balaban J connectivity index is 1.56. The van der Waals surface area contributed by atoms with Gasteiger partial charge in [0.2, 0.25) is 5.76 Å². The van der Waals surface area contributed by atoms with Crippen LogP contribution >= 0.6 is 11.6 Å². The van der Waals surface area contributed by atoms with Crippen molar-refractivity contribution in [1.82, 2.24) is 9.97 Å². The zero-order valence-corrected chi connectivity index (χ0v) is 15.3. The highest BCUT2D eigenvalue weighted by Gasteiger charge is 2.43. The van der Waals surface area contributed by atoms with Crippen LogP contribution in [0.2, 0.25) is 5.02 Å². The molecule has 0 aliphatic carbocycles. The first kappa shape index (κ1) is 18.2. The van der Waals surface area contributed by atoms with Crippen LogP contribution in [-0.2, 0) is 0 Å². The van der Waals surface area contributed by atoms with Gasteiger partial charge in [0.25, 0.3) is 5.91 Å². The first-order valence-electron chi connectivity index (χ1n) is 8.03. The summed E-state index contributed by atoms with van der Waals surface area (Å²) in [4.78, 5) is 20.4. The number of aryl methyl sites for hydroxylation is 2. The largest absolute Gasteiger partial charge is 0.586 e. The van der Waals surface area contributed by atoms with Crippen LogP contribution in [0.4, 0.5) is 14.6 Å². The van der Waals surface area contributed by atoms with Crippen molar-refractivity contribution in [2.75, 3.05) is 5.32 Å². The van der Waals surface area contributed by atoms with Crippen molar-refractivity contribution in [2.45, 2.75) is 20.1 Å². The van der Waals surface area contributed by atoms with Gasteiger partial charge in [-0.25, -0.2) is 9.97 Å². The fourth-order valence-electron chi connectivity index (χ4n) is 2.73. The molecule has 1 aliphatic heterocycles. The Kier molecular flexibility index (Phi) is 4.19. The fraction of sp³-hybridized carbons (Fsp3) is 0.167. The second-order valence-electron chi connectivity index (χ2n) is 5.98. The number of nitrogens with one attached hydrogen (secondary N) is 1. The maximum Gasteiger partial charge on any atom is 0.586 e. The number of anilines is 1. The van der Waals surface area contributed by atoms with E-state index in [0.29, 0.717) is 22.7 Å². The predicted octanol–water partition coefficient (Wildman–Crippen LogP) is 4.58. The van der Waals surface area contributed by atoms with Gasteiger partial charge in [0.05, 0.1) is 10.7 Å². The fourth-order valence-corrected chi connectivity index (χ4v) is 3.00. The number of fused-ring (bicyclic) bond motifs is 1. The van der Waals surface area contributed by atoms with Crippen LogP contribution in [-0.4, -0.2) is 22.2 Å². The summed E-state index contributed by atoms with van der Waals surface area (Å²) < 4.78 is 40.5. The van der Waals surface area contributed by atoms with Crippen molar-refractivity contribution in [3.05, 3.63) is 52.8 Å². The zero-order chi connectivity index (χ0) is 20.1. The minimum atomic E-state index is -3.73. The van der Waals surface area contributed by atoms with Crippen molar-refractivity contribution >= 4 is 23.3 Å². The Hall–Kier alpha value is -3.20. The van der Waals surface area contributed by atoms with Gasteiger partial charge in [-0.2, -0.15) is 0 Å². The van der Waals surface area contributed by atoms with E-state index in [-0.39, 0.29) is 28.1 Å². The highest BCUT2D eigenvalue weighted by atomic mass is 35.5. The normalized spacial score (nSPS) is 14.2. The molecule has 0 saturated carbocycles. The van der Waals surface area contributed by atoms with Crippen molar-refractivity contribution in [3.63, 3.8) is 0 Å². The van der Waals surface area contributed by atoms with Gasteiger partial charge in [-0.3, -0.25) is 4.79 Å². The molecule has 0 saturated heterocycles. The smallest absolute Gasteiger partial charge is 0.436 e. The molecule has 2 aromatic heterocycles. The van der Waals surface area contributed by atoms with Gasteiger partial charge < -0.3 is 19.2 Å². The molecule has 1 aromatic carbocycles. The van der Waals surface area contributed by atoms with Crippen molar-refractivity contribution < 1.29 is 27.5 Å². The van der Waals surface area contributed by atoms with E-state index in [4.69, 9.17) is 16.0 Å². The molecule has 3 heterocycles. The Morgan fingerprint density at radius 3 is 2.50 bits per heavy atom. The number of amides is 1. The number of aromatic nitrogens is 2. The molecule has 0 atom stereocenters. The number of rotatable bonds is 3. The number of hydrogen-bond donors (Lipinski definition) is 1. The Bertz CT molecular complexity index is 1080. The van der Waals surface area contributed by atoms with Crippen molar-refractivity contribution in [1.29, 1.82) is 0 Å². The summed E-state index contributed by atoms with van der Waals surface area (Å²) in [7, 11) is 0. The molecule has 0 bridgehead atoms. The van der Waals surface area contributed by atoms with E-state index in [1.807, 2.05) is 0 Å². The standard InChI is InChI=1S/C18H12ClF2N3O4/c1-8-16(26-9(2)23-8)17(25)24-15-4-3-10(7-22-15)11-5-13-14(6-12(11)19)28-18(20,21)27-13/h3-7H,1-2H3,(H,22,24,25).